The molecule has 1 aromatic rings. The van der Waals surface area contributed by atoms with Crippen LogP contribution in [0.15, 0.2) is 72.2 Å². The van der Waals surface area contributed by atoms with Crippen molar-refractivity contribution in [2.75, 3.05) is 37.6 Å². The van der Waals surface area contributed by atoms with E-state index in [1.54, 1.807) is 12.5 Å². The molecule has 1 saturated heterocycles. The Kier molecular flexibility index (Phi) is 6.38. The summed E-state index contributed by atoms with van der Waals surface area (Å²) < 4.78 is 11.9. The van der Waals surface area contributed by atoms with Gasteiger partial charge in [-0.15, -0.1) is 0 Å². The number of para-hydroxylation sites is 1. The molecule has 1 saturated carbocycles. The van der Waals surface area contributed by atoms with Crippen LogP contribution in [0.4, 0.5) is 5.69 Å². The number of aryl methyl sites for hydroxylation is 1. The second kappa shape index (κ2) is 9.94. The van der Waals surface area contributed by atoms with E-state index in [1.807, 2.05) is 0 Å². The molecule has 0 radical (unpaired) electrons. The van der Waals surface area contributed by atoms with Gasteiger partial charge in [0.25, 0.3) is 0 Å². The van der Waals surface area contributed by atoms with E-state index in [1.165, 1.54) is 17.6 Å². The first-order chi connectivity index (χ1) is 17.3. The largest absolute Gasteiger partial charge is 0.456 e. The van der Waals surface area contributed by atoms with Gasteiger partial charge < -0.3 is 19.3 Å². The van der Waals surface area contributed by atoms with Gasteiger partial charge in [-0.1, -0.05) is 42.8 Å². The molecule has 6 heteroatoms. The SMILES string of the molecule is O=C(C1CCC1)N1c2ccccc2CCC1CN1CCN(C2=COC(C3=CC=CCC3)=CO2)CC1. The highest BCUT2D eigenvalue weighted by atomic mass is 16.6. The van der Waals surface area contributed by atoms with Crippen molar-refractivity contribution in [2.45, 2.75) is 51.0 Å². The van der Waals surface area contributed by atoms with E-state index in [4.69, 9.17) is 9.47 Å². The Hall–Kier alpha value is -2.99. The fraction of sp³-hybridized carbons (Fsp3) is 0.483. The number of hydrogen-bond acceptors (Lipinski definition) is 5. The van der Waals surface area contributed by atoms with Gasteiger partial charge in [0.2, 0.25) is 11.8 Å². The lowest BCUT2D eigenvalue weighted by Gasteiger charge is -2.44. The molecule has 0 spiro atoms. The Morgan fingerprint density at radius 1 is 0.971 bits per heavy atom. The Balaban J connectivity index is 1.06. The molecule has 2 fully saturated rings. The Bertz CT molecular complexity index is 1080. The third-order valence-corrected chi connectivity index (χ3v) is 8.11. The first kappa shape index (κ1) is 22.5. The van der Waals surface area contributed by atoms with Gasteiger partial charge in [-0.2, -0.15) is 0 Å². The summed E-state index contributed by atoms with van der Waals surface area (Å²) in [5.41, 5.74) is 3.64. The predicted molar refractivity (Wildman–Crippen MR) is 136 cm³/mol. The van der Waals surface area contributed by atoms with Crippen LogP contribution in [0.25, 0.3) is 0 Å². The number of carbonyl (C=O) groups is 1. The number of rotatable bonds is 5. The van der Waals surface area contributed by atoms with Crippen molar-refractivity contribution in [2.24, 2.45) is 5.92 Å². The summed E-state index contributed by atoms with van der Waals surface area (Å²) >= 11 is 0. The molecule has 1 aromatic carbocycles. The Morgan fingerprint density at radius 3 is 2.54 bits per heavy atom. The van der Waals surface area contributed by atoms with Crippen molar-refractivity contribution < 1.29 is 14.3 Å². The van der Waals surface area contributed by atoms with E-state index in [0.717, 1.165) is 88.6 Å². The van der Waals surface area contributed by atoms with Crippen LogP contribution in [0.3, 0.4) is 0 Å². The third kappa shape index (κ3) is 4.64. The third-order valence-electron chi connectivity index (χ3n) is 8.11. The maximum absolute atomic E-state index is 13.4. The van der Waals surface area contributed by atoms with Gasteiger partial charge in [-0.05, 0) is 55.7 Å². The first-order valence-corrected chi connectivity index (χ1v) is 13.2. The van der Waals surface area contributed by atoms with Gasteiger partial charge in [0.1, 0.15) is 6.26 Å². The lowest BCUT2D eigenvalue weighted by atomic mass is 9.82. The molecule has 3 heterocycles. The average molecular weight is 474 g/mol. The molecular formula is C29H35N3O3. The van der Waals surface area contributed by atoms with E-state index in [0.29, 0.717) is 5.91 Å². The van der Waals surface area contributed by atoms with Crippen LogP contribution in [0.1, 0.15) is 44.1 Å². The fourth-order valence-electron chi connectivity index (χ4n) is 5.77. The maximum Gasteiger partial charge on any atom is 0.231 e. The smallest absolute Gasteiger partial charge is 0.231 e. The molecule has 1 amide bonds. The normalized spacial score (nSPS) is 24.9. The number of hydrogen-bond donors (Lipinski definition) is 0. The summed E-state index contributed by atoms with van der Waals surface area (Å²) in [6, 6.07) is 8.75. The van der Waals surface area contributed by atoms with E-state index >= 15 is 0 Å². The summed E-state index contributed by atoms with van der Waals surface area (Å²) in [6.07, 6.45) is 17.2. The molecule has 184 valence electrons. The zero-order valence-corrected chi connectivity index (χ0v) is 20.4. The molecule has 1 atom stereocenters. The van der Waals surface area contributed by atoms with Crippen LogP contribution in [0.5, 0.6) is 0 Å². The lowest BCUT2D eigenvalue weighted by molar-refractivity contribution is -0.125. The predicted octanol–water partition coefficient (Wildman–Crippen LogP) is 4.72. The van der Waals surface area contributed by atoms with Gasteiger partial charge in [0.15, 0.2) is 12.0 Å². The lowest BCUT2D eigenvalue weighted by Crippen LogP contribution is -2.55. The molecule has 1 unspecified atom stereocenters. The number of piperazine rings is 1. The van der Waals surface area contributed by atoms with Crippen LogP contribution < -0.4 is 4.90 Å². The maximum atomic E-state index is 13.4. The minimum atomic E-state index is 0.217. The van der Waals surface area contributed by atoms with E-state index < -0.39 is 0 Å². The molecule has 0 bridgehead atoms. The number of carbonyl (C=O) groups excluding carboxylic acids is 1. The topological polar surface area (TPSA) is 45.3 Å². The number of ether oxygens (including phenoxy) is 2. The van der Waals surface area contributed by atoms with Crippen molar-refractivity contribution in [1.82, 2.24) is 9.80 Å². The molecule has 0 aromatic heterocycles. The minimum absolute atomic E-state index is 0.217. The molecule has 5 aliphatic rings. The molecule has 35 heavy (non-hydrogen) atoms. The highest BCUT2D eigenvalue weighted by molar-refractivity contribution is 5.97. The Morgan fingerprint density at radius 2 is 1.83 bits per heavy atom. The number of amides is 1. The van der Waals surface area contributed by atoms with Crippen LogP contribution in [-0.2, 0) is 20.7 Å². The second-order valence-corrected chi connectivity index (χ2v) is 10.3. The molecule has 2 aliphatic carbocycles. The van der Waals surface area contributed by atoms with Crippen LogP contribution >= 0.6 is 0 Å². The van der Waals surface area contributed by atoms with Gasteiger partial charge in [-0.3, -0.25) is 9.69 Å². The van der Waals surface area contributed by atoms with Crippen LogP contribution in [-0.4, -0.2) is 54.5 Å². The van der Waals surface area contributed by atoms with E-state index in [-0.39, 0.29) is 12.0 Å². The summed E-state index contributed by atoms with van der Waals surface area (Å²) in [6.45, 7) is 4.63. The highest BCUT2D eigenvalue weighted by Crippen LogP contribution is 2.36. The van der Waals surface area contributed by atoms with Gasteiger partial charge in [0.05, 0.1) is 0 Å². The molecule has 0 N–H and O–H groups in total. The van der Waals surface area contributed by atoms with Crippen LogP contribution in [0.2, 0.25) is 0 Å². The van der Waals surface area contributed by atoms with Gasteiger partial charge in [-0.25, -0.2) is 0 Å². The van der Waals surface area contributed by atoms with Crippen molar-refractivity contribution >= 4 is 11.6 Å². The molecule has 3 aliphatic heterocycles. The van der Waals surface area contributed by atoms with Crippen molar-refractivity contribution in [1.29, 1.82) is 0 Å². The number of nitrogens with zero attached hydrogens (tertiary/aromatic N) is 3. The fourth-order valence-corrected chi connectivity index (χ4v) is 5.77. The van der Waals surface area contributed by atoms with Gasteiger partial charge >= 0.3 is 0 Å². The summed E-state index contributed by atoms with van der Waals surface area (Å²) in [7, 11) is 0. The Labute approximate surface area is 208 Å². The van der Waals surface area contributed by atoms with E-state index in [2.05, 4.69) is 57.2 Å². The van der Waals surface area contributed by atoms with Crippen molar-refractivity contribution in [3.05, 3.63) is 77.8 Å². The van der Waals surface area contributed by atoms with E-state index in [9.17, 15) is 4.79 Å². The first-order valence-electron chi connectivity index (χ1n) is 13.2. The quantitative estimate of drug-likeness (QED) is 0.620. The highest BCUT2D eigenvalue weighted by Gasteiger charge is 2.38. The molecule has 6 rings (SSSR count). The summed E-state index contributed by atoms with van der Waals surface area (Å²) in [4.78, 5) is 20.4. The van der Waals surface area contributed by atoms with Crippen molar-refractivity contribution in [3.8, 4) is 0 Å². The number of fused-ring (bicyclic) bond motifs is 1. The zero-order valence-electron chi connectivity index (χ0n) is 20.4. The van der Waals surface area contributed by atoms with Crippen LogP contribution in [0, 0.1) is 5.92 Å². The zero-order chi connectivity index (χ0) is 23.6. The second-order valence-electron chi connectivity index (χ2n) is 10.3. The summed E-state index contributed by atoms with van der Waals surface area (Å²) in [5.74, 6) is 2.16. The standard InChI is InChI=1S/C29H35N3O3/c33-29(24-10-6-11-24)32-25(14-13-22-7-4-5-12-26(22)32)19-30-15-17-31(18-16-30)28-21-34-27(20-35-28)23-8-2-1-3-9-23/h1-2,4-5,7-8,12,20-21,24-25H,3,6,9-11,13-19H2. The number of allylic oxidation sites excluding steroid dienone is 4. The monoisotopic (exact) mass is 473 g/mol. The van der Waals surface area contributed by atoms with Crippen molar-refractivity contribution in [3.63, 3.8) is 0 Å². The summed E-state index contributed by atoms with van der Waals surface area (Å²) in [5, 5.41) is 0. The minimum Gasteiger partial charge on any atom is -0.456 e. The molecular weight excluding hydrogens is 438 g/mol. The van der Waals surface area contributed by atoms with Gasteiger partial charge in [0, 0.05) is 50.4 Å². The molecule has 6 nitrogen and oxygen atoms in total. The average Bonchev–Trinajstić information content (AvgIpc) is 2.88. The number of benzene rings is 1. The number of anilines is 1.